The molecule has 9 heavy (non-hydrogen) atoms. The molecule has 0 aromatic carbocycles. The molecule has 0 saturated carbocycles. The SMILES string of the molecule is CC(=O)N(C)CB(O)O. The smallest absolute Gasteiger partial charge is 0.426 e. The summed E-state index contributed by atoms with van der Waals surface area (Å²) in [5.74, 6) is -0.178. The summed E-state index contributed by atoms with van der Waals surface area (Å²) in [5.41, 5.74) is 0. The maximum absolute atomic E-state index is 10.4. The first-order valence-electron chi connectivity index (χ1n) is 2.62. The fourth-order valence-corrected chi connectivity index (χ4v) is 0.374. The normalized spacial score (nSPS) is 8.89. The Kier molecular flexibility index (Phi) is 3.26. The highest BCUT2D eigenvalue weighted by Crippen LogP contribution is 1.82. The summed E-state index contributed by atoms with van der Waals surface area (Å²) in [7, 11) is 0.0702. The zero-order valence-corrected chi connectivity index (χ0v) is 5.53. The molecule has 0 atom stereocenters. The van der Waals surface area contributed by atoms with Gasteiger partial charge in [0.15, 0.2) is 0 Å². The minimum absolute atomic E-state index is 0.0324. The maximum atomic E-state index is 10.4. The van der Waals surface area contributed by atoms with Gasteiger partial charge in [-0.05, 0) is 0 Å². The Morgan fingerprint density at radius 1 is 1.67 bits per heavy atom. The monoisotopic (exact) mass is 131 g/mol. The second-order valence-electron chi connectivity index (χ2n) is 1.88. The summed E-state index contributed by atoms with van der Waals surface area (Å²) in [6, 6.07) is 0. The van der Waals surface area contributed by atoms with Gasteiger partial charge in [-0.2, -0.15) is 0 Å². The summed E-state index contributed by atoms with van der Waals surface area (Å²) in [5, 5.41) is 16.7. The van der Waals surface area contributed by atoms with Crippen molar-refractivity contribution in [3.05, 3.63) is 0 Å². The van der Waals surface area contributed by atoms with E-state index in [0.717, 1.165) is 0 Å². The van der Waals surface area contributed by atoms with Gasteiger partial charge < -0.3 is 14.9 Å². The van der Waals surface area contributed by atoms with Crippen molar-refractivity contribution in [1.82, 2.24) is 4.90 Å². The first kappa shape index (κ1) is 8.45. The van der Waals surface area contributed by atoms with Crippen LogP contribution in [0.25, 0.3) is 0 Å². The summed E-state index contributed by atoms with van der Waals surface area (Å²) >= 11 is 0. The number of amides is 1. The van der Waals surface area contributed by atoms with Crippen LogP contribution in [0.5, 0.6) is 0 Å². The molecule has 0 unspecified atom stereocenters. The third-order valence-electron chi connectivity index (χ3n) is 0.975. The molecule has 0 spiro atoms. The molecule has 0 heterocycles. The molecule has 0 saturated heterocycles. The first-order chi connectivity index (χ1) is 4.04. The minimum Gasteiger partial charge on any atom is -0.426 e. The lowest BCUT2D eigenvalue weighted by atomic mass is 9.92. The summed E-state index contributed by atoms with van der Waals surface area (Å²) < 4.78 is 0. The van der Waals surface area contributed by atoms with Crippen LogP contribution in [-0.4, -0.2) is 41.5 Å². The van der Waals surface area contributed by atoms with Gasteiger partial charge in [0.05, 0.1) is 6.44 Å². The maximum Gasteiger partial charge on any atom is 0.472 e. The largest absolute Gasteiger partial charge is 0.472 e. The van der Waals surface area contributed by atoms with Crippen LogP contribution in [0.15, 0.2) is 0 Å². The molecule has 0 bridgehead atoms. The van der Waals surface area contributed by atoms with Crippen LogP contribution in [-0.2, 0) is 4.79 Å². The van der Waals surface area contributed by atoms with E-state index in [1.165, 1.54) is 18.9 Å². The Hall–Kier alpha value is -0.545. The molecule has 0 aliphatic carbocycles. The number of carbonyl (C=O) groups is 1. The predicted molar refractivity (Wildman–Crippen MR) is 33.5 cm³/mol. The highest BCUT2D eigenvalue weighted by atomic mass is 16.4. The van der Waals surface area contributed by atoms with Crippen LogP contribution in [0, 0.1) is 0 Å². The van der Waals surface area contributed by atoms with Crippen LogP contribution in [0.1, 0.15) is 6.92 Å². The fourth-order valence-electron chi connectivity index (χ4n) is 0.374. The molecule has 0 rings (SSSR count). The molecular weight excluding hydrogens is 121 g/mol. The zero-order valence-electron chi connectivity index (χ0n) is 5.53. The Labute approximate surface area is 54.2 Å². The van der Waals surface area contributed by atoms with Gasteiger partial charge in [0, 0.05) is 14.0 Å². The molecule has 0 aromatic heterocycles. The van der Waals surface area contributed by atoms with Crippen molar-refractivity contribution < 1.29 is 14.8 Å². The third kappa shape index (κ3) is 3.99. The molecular formula is C4H10BNO3. The molecule has 0 radical (unpaired) electrons. The van der Waals surface area contributed by atoms with Gasteiger partial charge in [0.2, 0.25) is 5.91 Å². The summed E-state index contributed by atoms with van der Waals surface area (Å²) in [6.07, 6.45) is -0.0324. The average molecular weight is 131 g/mol. The van der Waals surface area contributed by atoms with E-state index in [1.807, 2.05) is 0 Å². The lowest BCUT2D eigenvalue weighted by molar-refractivity contribution is -0.127. The van der Waals surface area contributed by atoms with Crippen molar-refractivity contribution >= 4 is 13.0 Å². The molecule has 0 fully saturated rings. The molecule has 0 aromatic rings. The van der Waals surface area contributed by atoms with Gasteiger partial charge in [-0.15, -0.1) is 0 Å². The summed E-state index contributed by atoms with van der Waals surface area (Å²) in [4.78, 5) is 11.6. The van der Waals surface area contributed by atoms with E-state index < -0.39 is 7.12 Å². The molecule has 0 aliphatic rings. The summed E-state index contributed by atoms with van der Waals surface area (Å²) in [6.45, 7) is 1.36. The van der Waals surface area contributed by atoms with E-state index in [-0.39, 0.29) is 12.4 Å². The minimum atomic E-state index is -1.43. The first-order valence-corrected chi connectivity index (χ1v) is 2.62. The Balaban J connectivity index is 3.50. The number of nitrogens with zero attached hydrogens (tertiary/aromatic N) is 1. The number of rotatable bonds is 2. The van der Waals surface area contributed by atoms with Gasteiger partial charge in [0.25, 0.3) is 0 Å². The molecule has 5 heteroatoms. The molecule has 0 aliphatic heterocycles. The van der Waals surface area contributed by atoms with E-state index >= 15 is 0 Å². The van der Waals surface area contributed by atoms with E-state index in [1.54, 1.807) is 0 Å². The highest BCUT2D eigenvalue weighted by Gasteiger charge is 2.11. The van der Waals surface area contributed by atoms with Crippen molar-refractivity contribution in [1.29, 1.82) is 0 Å². The predicted octanol–water partition coefficient (Wildman–Crippen LogP) is -1.52. The van der Waals surface area contributed by atoms with Crippen LogP contribution < -0.4 is 0 Å². The van der Waals surface area contributed by atoms with Crippen LogP contribution in [0.3, 0.4) is 0 Å². The standard InChI is InChI=1S/C4H10BNO3/c1-4(7)6(2)3-5(8)9/h8-9H,3H2,1-2H3. The van der Waals surface area contributed by atoms with Gasteiger partial charge in [-0.25, -0.2) is 0 Å². The Morgan fingerprint density at radius 2 is 2.11 bits per heavy atom. The average Bonchev–Trinajstić information content (AvgIpc) is 1.63. The fraction of sp³-hybridized carbons (Fsp3) is 0.750. The van der Waals surface area contributed by atoms with Crippen molar-refractivity contribution in [2.24, 2.45) is 0 Å². The number of hydrogen-bond acceptors (Lipinski definition) is 3. The topological polar surface area (TPSA) is 60.8 Å². The quantitative estimate of drug-likeness (QED) is 0.447. The van der Waals surface area contributed by atoms with Crippen molar-refractivity contribution in [3.63, 3.8) is 0 Å². The van der Waals surface area contributed by atoms with E-state index in [9.17, 15) is 4.79 Å². The van der Waals surface area contributed by atoms with Crippen molar-refractivity contribution in [2.75, 3.05) is 13.5 Å². The molecule has 1 amide bonds. The van der Waals surface area contributed by atoms with Crippen LogP contribution in [0.4, 0.5) is 0 Å². The molecule has 4 nitrogen and oxygen atoms in total. The zero-order chi connectivity index (χ0) is 7.44. The molecule has 2 N–H and O–H groups in total. The lowest BCUT2D eigenvalue weighted by Gasteiger charge is -2.12. The van der Waals surface area contributed by atoms with Gasteiger partial charge >= 0.3 is 7.12 Å². The second-order valence-corrected chi connectivity index (χ2v) is 1.88. The highest BCUT2D eigenvalue weighted by molar-refractivity contribution is 6.41. The van der Waals surface area contributed by atoms with Gasteiger partial charge in [-0.1, -0.05) is 0 Å². The van der Waals surface area contributed by atoms with Gasteiger partial charge in [-0.3, -0.25) is 4.79 Å². The third-order valence-corrected chi connectivity index (χ3v) is 0.975. The van der Waals surface area contributed by atoms with E-state index in [4.69, 9.17) is 10.0 Å². The Morgan fingerprint density at radius 3 is 2.22 bits per heavy atom. The van der Waals surface area contributed by atoms with E-state index in [0.29, 0.717) is 0 Å². The van der Waals surface area contributed by atoms with Crippen molar-refractivity contribution in [3.8, 4) is 0 Å². The van der Waals surface area contributed by atoms with Crippen LogP contribution in [0.2, 0.25) is 0 Å². The number of carbonyl (C=O) groups excluding carboxylic acids is 1. The van der Waals surface area contributed by atoms with E-state index in [2.05, 4.69) is 0 Å². The van der Waals surface area contributed by atoms with Crippen molar-refractivity contribution in [2.45, 2.75) is 6.92 Å². The second kappa shape index (κ2) is 3.47. The lowest BCUT2D eigenvalue weighted by Crippen LogP contribution is -2.35. The number of hydrogen-bond donors (Lipinski definition) is 2. The molecule has 52 valence electrons. The van der Waals surface area contributed by atoms with Gasteiger partial charge in [0.1, 0.15) is 0 Å². The van der Waals surface area contributed by atoms with Crippen LogP contribution >= 0.6 is 0 Å². The Bertz CT molecular complexity index is 106.